The highest BCUT2D eigenvalue weighted by Gasteiger charge is 2.21. The van der Waals surface area contributed by atoms with Crippen LogP contribution in [-0.2, 0) is 11.3 Å². The molecule has 1 aromatic carbocycles. The van der Waals surface area contributed by atoms with Gasteiger partial charge in [-0.2, -0.15) is 10.2 Å². The number of nitrogens with two attached hydrogens (primary N) is 1. The van der Waals surface area contributed by atoms with Gasteiger partial charge in [-0.1, -0.05) is 12.1 Å². The number of ether oxygens (including phenoxy) is 1. The van der Waals surface area contributed by atoms with Crippen molar-refractivity contribution in [2.45, 2.75) is 26.4 Å². The quantitative estimate of drug-likeness (QED) is 0.622. The molecule has 26 heavy (non-hydrogen) atoms. The Kier molecular flexibility index (Phi) is 5.04. The summed E-state index contributed by atoms with van der Waals surface area (Å²) >= 11 is 0. The van der Waals surface area contributed by atoms with Crippen molar-refractivity contribution < 1.29 is 9.53 Å². The molecule has 1 unspecified atom stereocenters. The smallest absolute Gasteiger partial charge is 0.241 e. The van der Waals surface area contributed by atoms with Gasteiger partial charge in [-0.15, -0.1) is 0 Å². The third-order valence-corrected chi connectivity index (χ3v) is 4.21. The number of nitrogens with one attached hydrogen (secondary N) is 2. The van der Waals surface area contributed by atoms with Crippen LogP contribution in [0.25, 0.3) is 5.69 Å². The molecule has 2 heterocycles. The summed E-state index contributed by atoms with van der Waals surface area (Å²) in [5.41, 5.74) is 10.0. The molecule has 1 amide bonds. The van der Waals surface area contributed by atoms with E-state index in [1.165, 1.54) is 0 Å². The molecular formula is C18H22N6O2. The lowest BCUT2D eigenvalue weighted by Crippen LogP contribution is -2.34. The largest absolute Gasteiger partial charge is 0.494 e. The molecule has 0 saturated carbocycles. The van der Waals surface area contributed by atoms with E-state index in [9.17, 15) is 4.79 Å². The van der Waals surface area contributed by atoms with Crippen LogP contribution < -0.4 is 15.8 Å². The van der Waals surface area contributed by atoms with E-state index in [1.807, 2.05) is 44.3 Å². The van der Waals surface area contributed by atoms with Crippen molar-refractivity contribution in [2.24, 2.45) is 5.73 Å². The number of rotatable bonds is 6. The van der Waals surface area contributed by atoms with E-state index in [2.05, 4.69) is 20.6 Å². The average Bonchev–Trinajstić information content (AvgIpc) is 3.25. The Bertz CT molecular complexity index is 895. The second-order valence-electron chi connectivity index (χ2n) is 6.01. The first kappa shape index (κ1) is 17.7. The Morgan fingerprint density at radius 2 is 2.15 bits per heavy atom. The van der Waals surface area contributed by atoms with Gasteiger partial charge in [0.05, 0.1) is 19.0 Å². The van der Waals surface area contributed by atoms with Crippen molar-refractivity contribution in [3.8, 4) is 11.4 Å². The van der Waals surface area contributed by atoms with E-state index in [-0.39, 0.29) is 5.91 Å². The zero-order valence-corrected chi connectivity index (χ0v) is 15.0. The number of methoxy groups -OCH3 is 1. The lowest BCUT2D eigenvalue weighted by molar-refractivity contribution is -0.122. The molecule has 0 aliphatic carbocycles. The number of aromatic nitrogens is 4. The molecule has 8 nitrogen and oxygen atoms in total. The van der Waals surface area contributed by atoms with Crippen molar-refractivity contribution in [1.29, 1.82) is 0 Å². The lowest BCUT2D eigenvalue weighted by atomic mass is 10.1. The van der Waals surface area contributed by atoms with E-state index in [0.29, 0.717) is 6.54 Å². The molecule has 0 saturated heterocycles. The van der Waals surface area contributed by atoms with Gasteiger partial charge in [0.1, 0.15) is 17.5 Å². The molecule has 0 radical (unpaired) electrons. The summed E-state index contributed by atoms with van der Waals surface area (Å²) in [5, 5.41) is 14.1. The van der Waals surface area contributed by atoms with Crippen LogP contribution in [0.2, 0.25) is 0 Å². The second kappa shape index (κ2) is 7.40. The Hall–Kier alpha value is -3.13. The van der Waals surface area contributed by atoms with E-state index in [0.717, 1.165) is 34.0 Å². The normalized spacial score (nSPS) is 12.0. The van der Waals surface area contributed by atoms with Gasteiger partial charge in [-0.25, -0.2) is 4.68 Å². The Morgan fingerprint density at radius 3 is 2.85 bits per heavy atom. The zero-order chi connectivity index (χ0) is 18.7. The van der Waals surface area contributed by atoms with Gasteiger partial charge in [0, 0.05) is 29.6 Å². The number of para-hydroxylation sites is 2. The number of carbonyl (C=O) groups excluding carboxylic acids is 1. The molecule has 0 aliphatic rings. The molecule has 0 bridgehead atoms. The van der Waals surface area contributed by atoms with Gasteiger partial charge >= 0.3 is 0 Å². The van der Waals surface area contributed by atoms with Crippen molar-refractivity contribution >= 4 is 5.91 Å². The fourth-order valence-corrected chi connectivity index (χ4v) is 2.85. The molecule has 0 spiro atoms. The van der Waals surface area contributed by atoms with Crippen LogP contribution in [-0.4, -0.2) is 33.0 Å². The first-order valence-electron chi connectivity index (χ1n) is 8.23. The molecule has 0 fully saturated rings. The minimum absolute atomic E-state index is 0.261. The van der Waals surface area contributed by atoms with Crippen molar-refractivity contribution in [3.63, 3.8) is 0 Å². The number of aryl methyl sites for hydroxylation is 2. The Labute approximate surface area is 151 Å². The SMILES string of the molecule is COc1ccccc1-n1cc(CNC(=O)C(N)c2c(C)n[nH]c2C)cn1. The summed E-state index contributed by atoms with van der Waals surface area (Å²) in [4.78, 5) is 12.4. The fraction of sp³-hybridized carbons (Fsp3) is 0.278. The van der Waals surface area contributed by atoms with Crippen LogP contribution in [0.4, 0.5) is 0 Å². The molecule has 3 rings (SSSR count). The van der Waals surface area contributed by atoms with Crippen molar-refractivity contribution in [3.05, 3.63) is 59.2 Å². The first-order valence-corrected chi connectivity index (χ1v) is 8.23. The minimum atomic E-state index is -0.766. The summed E-state index contributed by atoms with van der Waals surface area (Å²) in [7, 11) is 1.62. The van der Waals surface area contributed by atoms with Crippen LogP contribution in [0.15, 0.2) is 36.7 Å². The highest BCUT2D eigenvalue weighted by atomic mass is 16.5. The van der Waals surface area contributed by atoms with Crippen molar-refractivity contribution in [1.82, 2.24) is 25.3 Å². The predicted molar refractivity (Wildman–Crippen MR) is 97.0 cm³/mol. The van der Waals surface area contributed by atoms with Crippen LogP contribution in [0, 0.1) is 13.8 Å². The topological polar surface area (TPSA) is 111 Å². The standard InChI is InChI=1S/C18H22N6O2/c1-11-16(12(2)23-22-11)17(19)18(25)20-8-13-9-21-24(10-13)14-6-4-5-7-15(14)26-3/h4-7,9-10,17H,8,19H2,1-3H3,(H,20,25)(H,22,23). The van der Waals surface area contributed by atoms with Crippen LogP contribution >= 0.6 is 0 Å². The molecule has 4 N–H and O–H groups in total. The maximum Gasteiger partial charge on any atom is 0.241 e. The van der Waals surface area contributed by atoms with Gasteiger partial charge in [0.25, 0.3) is 0 Å². The maximum absolute atomic E-state index is 12.4. The van der Waals surface area contributed by atoms with Crippen LogP contribution in [0.3, 0.4) is 0 Å². The average molecular weight is 354 g/mol. The zero-order valence-electron chi connectivity index (χ0n) is 15.0. The number of carbonyl (C=O) groups is 1. The van der Waals surface area contributed by atoms with E-state index >= 15 is 0 Å². The van der Waals surface area contributed by atoms with Gasteiger partial charge in [-0.3, -0.25) is 9.89 Å². The summed E-state index contributed by atoms with van der Waals surface area (Å²) in [6.45, 7) is 4.00. The number of amides is 1. The van der Waals surface area contributed by atoms with E-state index in [1.54, 1.807) is 18.0 Å². The van der Waals surface area contributed by atoms with Gasteiger partial charge in [0.15, 0.2) is 0 Å². The molecule has 1 atom stereocenters. The number of nitrogens with zero attached hydrogens (tertiary/aromatic N) is 3. The van der Waals surface area contributed by atoms with Gasteiger partial charge < -0.3 is 15.8 Å². The van der Waals surface area contributed by atoms with Crippen LogP contribution in [0.5, 0.6) is 5.75 Å². The second-order valence-corrected chi connectivity index (χ2v) is 6.01. The Morgan fingerprint density at radius 1 is 1.38 bits per heavy atom. The number of hydrogen-bond donors (Lipinski definition) is 3. The predicted octanol–water partition coefficient (Wildman–Crippen LogP) is 1.54. The molecule has 2 aromatic heterocycles. The lowest BCUT2D eigenvalue weighted by Gasteiger charge is -2.12. The van der Waals surface area contributed by atoms with Crippen molar-refractivity contribution in [2.75, 3.05) is 7.11 Å². The molecule has 8 heteroatoms. The summed E-state index contributed by atoms with van der Waals surface area (Å²) < 4.78 is 7.06. The number of benzene rings is 1. The van der Waals surface area contributed by atoms with Crippen LogP contribution in [0.1, 0.15) is 28.6 Å². The van der Waals surface area contributed by atoms with E-state index in [4.69, 9.17) is 10.5 Å². The van der Waals surface area contributed by atoms with E-state index < -0.39 is 6.04 Å². The van der Waals surface area contributed by atoms with Gasteiger partial charge in [-0.05, 0) is 26.0 Å². The molecular weight excluding hydrogens is 332 g/mol. The number of H-pyrrole nitrogens is 1. The highest BCUT2D eigenvalue weighted by Crippen LogP contribution is 2.22. The fourth-order valence-electron chi connectivity index (χ4n) is 2.85. The number of aromatic amines is 1. The number of hydrogen-bond acceptors (Lipinski definition) is 5. The monoisotopic (exact) mass is 354 g/mol. The summed E-state index contributed by atoms with van der Waals surface area (Å²) in [5.74, 6) is 0.460. The highest BCUT2D eigenvalue weighted by molar-refractivity contribution is 5.83. The molecule has 0 aliphatic heterocycles. The maximum atomic E-state index is 12.4. The third kappa shape index (κ3) is 3.45. The third-order valence-electron chi connectivity index (χ3n) is 4.21. The minimum Gasteiger partial charge on any atom is -0.494 e. The first-order chi connectivity index (χ1) is 12.5. The summed E-state index contributed by atoms with van der Waals surface area (Å²) in [6, 6.07) is 6.82. The van der Waals surface area contributed by atoms with Gasteiger partial charge in [0.2, 0.25) is 5.91 Å². The molecule has 136 valence electrons. The molecule has 3 aromatic rings. The Balaban J connectivity index is 1.67. The summed E-state index contributed by atoms with van der Waals surface area (Å²) in [6.07, 6.45) is 3.55.